The molecule has 258 valence electrons. The summed E-state index contributed by atoms with van der Waals surface area (Å²) in [4.78, 5) is 23.3. The molecule has 0 rings (SSSR count). The van der Waals surface area contributed by atoms with Crippen LogP contribution in [-0.2, 0) is 14.3 Å². The molecular formula is C40H74O4. The molecule has 0 aliphatic carbocycles. The van der Waals surface area contributed by atoms with Crippen molar-refractivity contribution < 1.29 is 19.4 Å². The molecule has 0 fully saturated rings. The lowest BCUT2D eigenvalue weighted by Crippen LogP contribution is -2.18. The SMILES string of the molecule is CCCCC/C=C\C/C=C\CCCCCCCCCCCC(=O)OC(CCCCCCCCC)CCCCCCCC(=O)O. The average molecular weight is 619 g/mol. The molecule has 1 unspecified atom stereocenters. The van der Waals surface area contributed by atoms with Gasteiger partial charge >= 0.3 is 11.9 Å². The van der Waals surface area contributed by atoms with E-state index in [4.69, 9.17) is 9.84 Å². The van der Waals surface area contributed by atoms with E-state index in [-0.39, 0.29) is 18.5 Å². The third-order valence-corrected chi connectivity index (χ3v) is 8.68. The number of carboxylic acid groups (broad SMARTS) is 1. The molecule has 4 nitrogen and oxygen atoms in total. The Morgan fingerprint density at radius 1 is 0.500 bits per heavy atom. The van der Waals surface area contributed by atoms with E-state index in [2.05, 4.69) is 38.2 Å². The Morgan fingerprint density at radius 3 is 1.39 bits per heavy atom. The number of rotatable bonds is 35. The molecule has 0 amide bonds. The van der Waals surface area contributed by atoms with Gasteiger partial charge in [-0.15, -0.1) is 0 Å². The van der Waals surface area contributed by atoms with E-state index in [1.165, 1.54) is 116 Å². The number of esters is 1. The summed E-state index contributed by atoms with van der Waals surface area (Å²) in [5.41, 5.74) is 0. The van der Waals surface area contributed by atoms with Gasteiger partial charge in [0.1, 0.15) is 6.10 Å². The van der Waals surface area contributed by atoms with Gasteiger partial charge in [0.2, 0.25) is 0 Å². The van der Waals surface area contributed by atoms with Gasteiger partial charge in [0.25, 0.3) is 0 Å². The Hall–Kier alpha value is -1.58. The first-order chi connectivity index (χ1) is 21.6. The summed E-state index contributed by atoms with van der Waals surface area (Å²) in [6.07, 6.45) is 44.8. The number of ether oxygens (including phenoxy) is 1. The van der Waals surface area contributed by atoms with Crippen LogP contribution in [0.5, 0.6) is 0 Å². The molecule has 0 bridgehead atoms. The van der Waals surface area contributed by atoms with E-state index in [9.17, 15) is 9.59 Å². The number of unbranched alkanes of at least 4 members (excludes halogenated alkanes) is 22. The lowest BCUT2D eigenvalue weighted by atomic mass is 10.0. The summed E-state index contributed by atoms with van der Waals surface area (Å²) in [7, 11) is 0. The van der Waals surface area contributed by atoms with Crippen molar-refractivity contribution in [3.8, 4) is 0 Å². The Bertz CT molecular complexity index is 668. The van der Waals surface area contributed by atoms with Crippen molar-refractivity contribution >= 4 is 11.9 Å². The topological polar surface area (TPSA) is 63.6 Å². The minimum atomic E-state index is -0.701. The first-order valence-electron chi connectivity index (χ1n) is 19.3. The maximum atomic E-state index is 12.6. The lowest BCUT2D eigenvalue weighted by Gasteiger charge is -2.18. The second-order valence-electron chi connectivity index (χ2n) is 13.1. The molecule has 1 atom stereocenters. The van der Waals surface area contributed by atoms with Gasteiger partial charge in [-0.3, -0.25) is 9.59 Å². The summed E-state index contributed by atoms with van der Waals surface area (Å²) >= 11 is 0. The zero-order valence-electron chi connectivity index (χ0n) is 29.5. The van der Waals surface area contributed by atoms with Crippen LogP contribution in [0.25, 0.3) is 0 Å². The molecule has 0 aromatic heterocycles. The first-order valence-corrected chi connectivity index (χ1v) is 19.3. The summed E-state index contributed by atoms with van der Waals surface area (Å²) in [6.45, 7) is 4.51. The molecule has 0 aromatic rings. The van der Waals surface area contributed by atoms with Gasteiger partial charge in [0.05, 0.1) is 0 Å². The zero-order chi connectivity index (χ0) is 32.2. The summed E-state index contributed by atoms with van der Waals surface area (Å²) in [5.74, 6) is -0.704. The van der Waals surface area contributed by atoms with Crippen LogP contribution in [0, 0.1) is 0 Å². The molecular weight excluding hydrogens is 544 g/mol. The van der Waals surface area contributed by atoms with Crippen LogP contribution in [0.15, 0.2) is 24.3 Å². The van der Waals surface area contributed by atoms with Crippen molar-refractivity contribution in [2.75, 3.05) is 0 Å². The molecule has 1 N–H and O–H groups in total. The van der Waals surface area contributed by atoms with Crippen LogP contribution in [0.3, 0.4) is 0 Å². The van der Waals surface area contributed by atoms with E-state index in [1.807, 2.05) is 0 Å². The molecule has 0 heterocycles. The first kappa shape index (κ1) is 42.4. The molecule has 0 aromatic carbocycles. The predicted octanol–water partition coefficient (Wildman–Crippen LogP) is 13.2. The highest BCUT2D eigenvalue weighted by atomic mass is 16.5. The molecule has 0 aliphatic rings. The second-order valence-corrected chi connectivity index (χ2v) is 13.1. The highest BCUT2D eigenvalue weighted by Gasteiger charge is 2.14. The predicted molar refractivity (Wildman–Crippen MR) is 190 cm³/mol. The number of aliphatic carboxylic acids is 1. The fraction of sp³-hybridized carbons (Fsp3) is 0.850. The van der Waals surface area contributed by atoms with Gasteiger partial charge in [0, 0.05) is 12.8 Å². The summed E-state index contributed by atoms with van der Waals surface area (Å²) in [6, 6.07) is 0. The molecule has 4 heteroatoms. The minimum absolute atomic E-state index is 0.00329. The Kier molecular flexibility index (Phi) is 34.6. The van der Waals surface area contributed by atoms with Gasteiger partial charge in [-0.1, -0.05) is 154 Å². The van der Waals surface area contributed by atoms with E-state index in [0.717, 1.165) is 70.6 Å². The molecule has 0 spiro atoms. The molecule has 0 radical (unpaired) electrons. The van der Waals surface area contributed by atoms with Crippen molar-refractivity contribution in [2.24, 2.45) is 0 Å². The number of carbonyl (C=O) groups is 2. The van der Waals surface area contributed by atoms with Gasteiger partial charge < -0.3 is 9.84 Å². The molecule has 0 aliphatic heterocycles. The van der Waals surface area contributed by atoms with Crippen molar-refractivity contribution in [3.05, 3.63) is 24.3 Å². The van der Waals surface area contributed by atoms with Crippen LogP contribution in [0.4, 0.5) is 0 Å². The number of carboxylic acids is 1. The number of hydrogen-bond donors (Lipinski definition) is 1. The smallest absolute Gasteiger partial charge is 0.306 e. The van der Waals surface area contributed by atoms with Gasteiger partial charge in [0.15, 0.2) is 0 Å². The summed E-state index contributed by atoms with van der Waals surface area (Å²) < 4.78 is 5.97. The largest absolute Gasteiger partial charge is 0.481 e. The van der Waals surface area contributed by atoms with Crippen LogP contribution >= 0.6 is 0 Å². The fourth-order valence-electron chi connectivity index (χ4n) is 5.80. The standard InChI is InChI=1S/C40H74O4/c1-3-5-7-9-11-12-13-14-15-16-17-18-19-20-21-22-24-29-33-37-40(43)44-38(34-30-26-23-10-8-6-4-2)35-31-27-25-28-32-36-39(41)42/h11-12,14-15,38H,3-10,13,16-37H2,1-2H3,(H,41,42)/b12-11-,15-14-. The maximum absolute atomic E-state index is 12.6. The summed E-state index contributed by atoms with van der Waals surface area (Å²) in [5, 5.41) is 8.79. The third-order valence-electron chi connectivity index (χ3n) is 8.68. The highest BCUT2D eigenvalue weighted by molar-refractivity contribution is 5.69. The van der Waals surface area contributed by atoms with Crippen molar-refractivity contribution in [2.45, 2.75) is 219 Å². The van der Waals surface area contributed by atoms with E-state index in [1.54, 1.807) is 0 Å². The molecule has 0 saturated carbocycles. The zero-order valence-corrected chi connectivity index (χ0v) is 29.5. The van der Waals surface area contributed by atoms with Crippen LogP contribution in [0.2, 0.25) is 0 Å². The van der Waals surface area contributed by atoms with Crippen molar-refractivity contribution in [1.29, 1.82) is 0 Å². The number of allylic oxidation sites excluding steroid dienone is 4. The Morgan fingerprint density at radius 2 is 0.886 bits per heavy atom. The third kappa shape index (κ3) is 34.9. The van der Waals surface area contributed by atoms with E-state index >= 15 is 0 Å². The number of carbonyl (C=O) groups excluding carboxylic acids is 1. The quantitative estimate of drug-likeness (QED) is 0.0436. The fourth-order valence-corrected chi connectivity index (χ4v) is 5.80. The highest BCUT2D eigenvalue weighted by Crippen LogP contribution is 2.19. The van der Waals surface area contributed by atoms with Crippen molar-refractivity contribution in [3.63, 3.8) is 0 Å². The lowest BCUT2D eigenvalue weighted by molar-refractivity contribution is -0.150. The van der Waals surface area contributed by atoms with Crippen molar-refractivity contribution in [1.82, 2.24) is 0 Å². The van der Waals surface area contributed by atoms with Gasteiger partial charge in [-0.2, -0.15) is 0 Å². The normalized spacial score (nSPS) is 12.4. The Labute approximate surface area is 274 Å². The van der Waals surface area contributed by atoms with Gasteiger partial charge in [-0.25, -0.2) is 0 Å². The monoisotopic (exact) mass is 619 g/mol. The minimum Gasteiger partial charge on any atom is -0.481 e. The maximum Gasteiger partial charge on any atom is 0.306 e. The molecule has 44 heavy (non-hydrogen) atoms. The van der Waals surface area contributed by atoms with Crippen LogP contribution in [0.1, 0.15) is 213 Å². The number of hydrogen-bond acceptors (Lipinski definition) is 3. The Balaban J connectivity index is 3.87. The van der Waals surface area contributed by atoms with E-state index in [0.29, 0.717) is 6.42 Å². The van der Waals surface area contributed by atoms with E-state index < -0.39 is 5.97 Å². The average Bonchev–Trinajstić information content (AvgIpc) is 3.00. The van der Waals surface area contributed by atoms with Gasteiger partial charge in [-0.05, 0) is 70.6 Å². The second kappa shape index (κ2) is 35.9. The molecule has 0 saturated heterocycles. The van der Waals surface area contributed by atoms with Crippen LogP contribution in [-0.4, -0.2) is 23.1 Å². The van der Waals surface area contributed by atoms with Crippen LogP contribution < -0.4 is 0 Å².